The van der Waals surface area contributed by atoms with Crippen molar-refractivity contribution in [2.24, 2.45) is 0 Å². The number of nitrogens with zero attached hydrogens (tertiary/aromatic N) is 1. The van der Waals surface area contributed by atoms with E-state index in [0.717, 1.165) is 0 Å². The number of carbonyl (C=O) groups is 2. The van der Waals surface area contributed by atoms with E-state index in [0.29, 0.717) is 11.1 Å². The van der Waals surface area contributed by atoms with Crippen molar-refractivity contribution in [1.82, 2.24) is 0 Å². The molecule has 0 aliphatic carbocycles. The molecule has 0 spiro atoms. The minimum Gasteiger partial charge on any atom is -0.300 e. The Bertz CT molecular complexity index is 629. The maximum absolute atomic E-state index is 12.0. The quantitative estimate of drug-likeness (QED) is 0.492. The van der Waals surface area contributed by atoms with Crippen molar-refractivity contribution in [1.29, 1.82) is 0 Å². The summed E-state index contributed by atoms with van der Waals surface area (Å²) in [6.07, 6.45) is 0. The molecule has 2 aromatic carbocycles. The first-order valence-electron chi connectivity index (χ1n) is 6.23. The van der Waals surface area contributed by atoms with Crippen molar-refractivity contribution in [3.63, 3.8) is 0 Å². The van der Waals surface area contributed by atoms with Crippen LogP contribution in [0.15, 0.2) is 54.6 Å². The minimum absolute atomic E-state index is 0.0189. The number of nitro groups is 1. The summed E-state index contributed by atoms with van der Waals surface area (Å²) in [5.74, 6) is 0.0282. The maximum Gasteiger partial charge on any atom is 0.269 e. The molecule has 0 aromatic heterocycles. The van der Waals surface area contributed by atoms with Gasteiger partial charge in [-0.15, -0.1) is 0 Å². The van der Waals surface area contributed by atoms with Gasteiger partial charge in [-0.3, -0.25) is 14.9 Å². The van der Waals surface area contributed by atoms with E-state index in [1.165, 1.54) is 38.1 Å². The van der Waals surface area contributed by atoms with Crippen LogP contribution in [-0.2, 0) is 4.79 Å². The lowest BCUT2D eigenvalue weighted by Gasteiger charge is -2.00. The molecule has 0 N–H and O–H groups in total. The van der Waals surface area contributed by atoms with E-state index >= 15 is 0 Å². The highest BCUT2D eigenvalue weighted by atomic mass is 16.6. The van der Waals surface area contributed by atoms with Gasteiger partial charge in [-0.1, -0.05) is 30.3 Å². The first-order valence-corrected chi connectivity index (χ1v) is 6.23. The van der Waals surface area contributed by atoms with Crippen molar-refractivity contribution in [2.75, 3.05) is 0 Å². The summed E-state index contributed by atoms with van der Waals surface area (Å²) in [6, 6.07) is 14.4. The minimum atomic E-state index is -0.489. The summed E-state index contributed by atoms with van der Waals surface area (Å²) in [5, 5.41) is 10.5. The molecule has 5 nitrogen and oxygen atoms in total. The number of Topliss-reactive ketones (excluding diaryl/α,β-unsaturated/α-hetero) is 1. The average Bonchev–Trinajstić information content (AvgIpc) is 2.47. The number of nitro benzene ring substituents is 1. The SMILES string of the molecule is CC(C)=O.O=C(c1ccccc1)c1ccc([N+](=O)[O-])cc1. The Balaban J connectivity index is 0.000000491. The van der Waals surface area contributed by atoms with Crippen LogP contribution >= 0.6 is 0 Å². The number of hydrogen-bond donors (Lipinski definition) is 0. The molecule has 5 heteroatoms. The number of carbonyl (C=O) groups excluding carboxylic acids is 2. The summed E-state index contributed by atoms with van der Waals surface area (Å²) < 4.78 is 0. The Kier molecular flexibility index (Phi) is 5.95. The van der Waals surface area contributed by atoms with E-state index in [1.807, 2.05) is 6.07 Å². The predicted molar refractivity (Wildman–Crippen MR) is 79.3 cm³/mol. The first-order chi connectivity index (χ1) is 9.91. The van der Waals surface area contributed by atoms with Crippen molar-refractivity contribution in [3.8, 4) is 0 Å². The highest BCUT2D eigenvalue weighted by Gasteiger charge is 2.10. The fourth-order valence-corrected chi connectivity index (χ4v) is 1.49. The summed E-state index contributed by atoms with van der Waals surface area (Å²) in [5.41, 5.74) is 0.998. The topological polar surface area (TPSA) is 77.3 Å². The predicted octanol–water partition coefficient (Wildman–Crippen LogP) is 3.42. The molecule has 0 saturated heterocycles. The van der Waals surface area contributed by atoms with Crippen LogP contribution in [0.4, 0.5) is 5.69 Å². The van der Waals surface area contributed by atoms with Crippen LogP contribution in [-0.4, -0.2) is 16.5 Å². The van der Waals surface area contributed by atoms with Crippen LogP contribution in [0.3, 0.4) is 0 Å². The van der Waals surface area contributed by atoms with Gasteiger partial charge in [0.05, 0.1) is 4.92 Å². The zero-order valence-electron chi connectivity index (χ0n) is 11.8. The van der Waals surface area contributed by atoms with Crippen molar-refractivity contribution >= 4 is 17.3 Å². The summed E-state index contributed by atoms with van der Waals surface area (Å²) in [7, 11) is 0. The van der Waals surface area contributed by atoms with E-state index < -0.39 is 4.92 Å². The van der Waals surface area contributed by atoms with Crippen LogP contribution in [0.2, 0.25) is 0 Å². The standard InChI is InChI=1S/C13H9NO3.C3H6O/c15-13(10-4-2-1-3-5-10)11-6-8-12(9-7-11)14(16)17;1-3(2)4/h1-9H;1-2H3. The molecule has 108 valence electrons. The normalized spacial score (nSPS) is 9.24. The van der Waals surface area contributed by atoms with E-state index in [4.69, 9.17) is 0 Å². The lowest BCUT2D eigenvalue weighted by atomic mass is 10.0. The van der Waals surface area contributed by atoms with Crippen LogP contribution < -0.4 is 0 Å². The highest BCUT2D eigenvalue weighted by molar-refractivity contribution is 6.09. The molecular formula is C16H15NO4. The van der Waals surface area contributed by atoms with E-state index in [-0.39, 0.29) is 17.3 Å². The van der Waals surface area contributed by atoms with Gasteiger partial charge >= 0.3 is 0 Å². The van der Waals surface area contributed by atoms with Crippen LogP contribution in [0.5, 0.6) is 0 Å². The van der Waals surface area contributed by atoms with Gasteiger partial charge in [0.1, 0.15) is 5.78 Å². The number of non-ortho nitro benzene ring substituents is 1. The van der Waals surface area contributed by atoms with E-state index in [2.05, 4.69) is 0 Å². The van der Waals surface area contributed by atoms with Gasteiger partial charge in [-0.2, -0.15) is 0 Å². The van der Waals surface area contributed by atoms with Gasteiger partial charge in [-0.05, 0) is 26.0 Å². The molecule has 0 unspecified atom stereocenters. The molecule has 2 rings (SSSR count). The van der Waals surface area contributed by atoms with Gasteiger partial charge < -0.3 is 4.79 Å². The van der Waals surface area contributed by atoms with E-state index in [9.17, 15) is 19.7 Å². The molecule has 0 atom stereocenters. The summed E-state index contributed by atoms with van der Waals surface area (Å²) in [4.78, 5) is 31.4. The third-order valence-corrected chi connectivity index (χ3v) is 2.38. The van der Waals surface area contributed by atoms with Crippen molar-refractivity contribution in [3.05, 3.63) is 75.8 Å². The van der Waals surface area contributed by atoms with Gasteiger partial charge in [-0.25, -0.2) is 0 Å². The Morgan fingerprint density at radius 3 is 1.71 bits per heavy atom. The lowest BCUT2D eigenvalue weighted by Crippen LogP contribution is -2.00. The van der Waals surface area contributed by atoms with Gasteiger partial charge in [0.25, 0.3) is 5.69 Å². The summed E-state index contributed by atoms with van der Waals surface area (Å²) >= 11 is 0. The Morgan fingerprint density at radius 2 is 1.29 bits per heavy atom. The monoisotopic (exact) mass is 285 g/mol. The Hall–Kier alpha value is -2.82. The van der Waals surface area contributed by atoms with Gasteiger partial charge in [0, 0.05) is 23.3 Å². The molecule has 2 aromatic rings. The second-order valence-electron chi connectivity index (χ2n) is 4.41. The van der Waals surface area contributed by atoms with Gasteiger partial charge in [0.2, 0.25) is 0 Å². The van der Waals surface area contributed by atoms with Crippen molar-refractivity contribution in [2.45, 2.75) is 13.8 Å². The molecule has 0 radical (unpaired) electrons. The van der Waals surface area contributed by atoms with Gasteiger partial charge in [0.15, 0.2) is 5.78 Å². The summed E-state index contributed by atoms with van der Waals surface area (Å²) in [6.45, 7) is 3.06. The number of hydrogen-bond acceptors (Lipinski definition) is 4. The second kappa shape index (κ2) is 7.69. The highest BCUT2D eigenvalue weighted by Crippen LogP contribution is 2.15. The smallest absolute Gasteiger partial charge is 0.269 e. The second-order valence-corrected chi connectivity index (χ2v) is 4.41. The largest absolute Gasteiger partial charge is 0.300 e. The third kappa shape index (κ3) is 5.36. The average molecular weight is 285 g/mol. The number of rotatable bonds is 3. The maximum atomic E-state index is 12.0. The van der Waals surface area contributed by atoms with Crippen LogP contribution in [0.1, 0.15) is 29.8 Å². The number of benzene rings is 2. The molecule has 0 amide bonds. The van der Waals surface area contributed by atoms with E-state index in [1.54, 1.807) is 24.3 Å². The Labute approximate surface area is 122 Å². The number of ketones is 2. The van der Waals surface area contributed by atoms with Crippen molar-refractivity contribution < 1.29 is 14.5 Å². The molecule has 21 heavy (non-hydrogen) atoms. The molecule has 0 aliphatic heterocycles. The lowest BCUT2D eigenvalue weighted by molar-refractivity contribution is -0.384. The fourth-order valence-electron chi connectivity index (χ4n) is 1.49. The molecule has 0 aliphatic rings. The molecule has 0 saturated carbocycles. The molecule has 0 heterocycles. The zero-order chi connectivity index (χ0) is 15.8. The van der Waals surface area contributed by atoms with Crippen LogP contribution in [0.25, 0.3) is 0 Å². The molecular weight excluding hydrogens is 270 g/mol. The molecule has 0 bridgehead atoms. The zero-order valence-corrected chi connectivity index (χ0v) is 11.8. The molecule has 0 fully saturated rings. The third-order valence-electron chi connectivity index (χ3n) is 2.38. The Morgan fingerprint density at radius 1 is 0.857 bits per heavy atom. The van der Waals surface area contributed by atoms with Crippen LogP contribution in [0, 0.1) is 10.1 Å². The fraction of sp³-hybridized carbons (Fsp3) is 0.125. The first kappa shape index (κ1) is 16.2.